The van der Waals surface area contributed by atoms with Crippen LogP contribution in [0.15, 0.2) is 78.9 Å². The van der Waals surface area contributed by atoms with Crippen LogP contribution in [0.4, 0.5) is 5.69 Å². The van der Waals surface area contributed by atoms with Crippen molar-refractivity contribution in [2.75, 3.05) is 12.4 Å². The highest BCUT2D eigenvalue weighted by Gasteiger charge is 2.14. The van der Waals surface area contributed by atoms with E-state index in [2.05, 4.69) is 60.8 Å². The van der Waals surface area contributed by atoms with Gasteiger partial charge in [0.25, 0.3) is 0 Å². The summed E-state index contributed by atoms with van der Waals surface area (Å²) in [5.74, 6) is 0.863. The SMILES string of the molecule is COc1ccc(NC(c2ccccc2)c2cccc(C)c2)cc1. The number of anilines is 1. The molecule has 0 aliphatic rings. The number of hydrogen-bond donors (Lipinski definition) is 1. The van der Waals surface area contributed by atoms with Gasteiger partial charge in [0, 0.05) is 5.69 Å². The van der Waals surface area contributed by atoms with E-state index in [0.29, 0.717) is 0 Å². The van der Waals surface area contributed by atoms with Crippen LogP contribution in [-0.2, 0) is 0 Å². The number of benzene rings is 3. The lowest BCUT2D eigenvalue weighted by atomic mass is 9.97. The molecule has 1 atom stereocenters. The zero-order valence-corrected chi connectivity index (χ0v) is 13.5. The third-order valence-electron chi connectivity index (χ3n) is 3.91. The molecule has 0 amide bonds. The molecule has 0 spiro atoms. The maximum absolute atomic E-state index is 5.23. The third kappa shape index (κ3) is 3.72. The molecule has 0 radical (unpaired) electrons. The Bertz CT molecular complexity index is 750. The molecule has 116 valence electrons. The Morgan fingerprint density at radius 3 is 2.13 bits per heavy atom. The van der Waals surface area contributed by atoms with E-state index in [-0.39, 0.29) is 6.04 Å². The van der Waals surface area contributed by atoms with Crippen molar-refractivity contribution in [3.05, 3.63) is 95.6 Å². The minimum Gasteiger partial charge on any atom is -0.497 e. The second-order valence-electron chi connectivity index (χ2n) is 5.63. The standard InChI is InChI=1S/C21H21NO/c1-16-7-6-10-18(15-16)21(17-8-4-3-5-9-17)22-19-11-13-20(23-2)14-12-19/h3-15,21-22H,1-2H3. The summed E-state index contributed by atoms with van der Waals surface area (Å²) in [5.41, 5.74) is 4.84. The van der Waals surface area contributed by atoms with Gasteiger partial charge < -0.3 is 10.1 Å². The Kier molecular flexibility index (Phi) is 4.62. The molecule has 2 heteroatoms. The van der Waals surface area contributed by atoms with Gasteiger partial charge in [-0.3, -0.25) is 0 Å². The molecule has 0 aliphatic carbocycles. The summed E-state index contributed by atoms with van der Waals surface area (Å²) in [6.45, 7) is 2.12. The number of rotatable bonds is 5. The molecule has 1 N–H and O–H groups in total. The van der Waals surface area contributed by atoms with Gasteiger partial charge in [0.1, 0.15) is 5.75 Å². The molecule has 3 aromatic carbocycles. The molecule has 3 rings (SSSR count). The van der Waals surface area contributed by atoms with Crippen LogP contribution in [0.3, 0.4) is 0 Å². The summed E-state index contributed by atoms with van der Waals surface area (Å²) in [6.07, 6.45) is 0. The quantitative estimate of drug-likeness (QED) is 0.699. The molecular formula is C21H21NO. The lowest BCUT2D eigenvalue weighted by Crippen LogP contribution is -2.12. The number of aryl methyl sites for hydroxylation is 1. The van der Waals surface area contributed by atoms with Crippen LogP contribution in [0, 0.1) is 6.92 Å². The summed E-state index contributed by atoms with van der Waals surface area (Å²) in [4.78, 5) is 0. The normalized spacial score (nSPS) is 11.7. The molecule has 0 heterocycles. The fourth-order valence-electron chi connectivity index (χ4n) is 2.71. The van der Waals surface area contributed by atoms with Crippen LogP contribution in [0.1, 0.15) is 22.7 Å². The molecule has 0 saturated heterocycles. The van der Waals surface area contributed by atoms with Crippen molar-refractivity contribution in [3.63, 3.8) is 0 Å². The Balaban J connectivity index is 1.94. The van der Waals surface area contributed by atoms with Crippen LogP contribution in [0.2, 0.25) is 0 Å². The van der Waals surface area contributed by atoms with Gasteiger partial charge in [0.15, 0.2) is 0 Å². The van der Waals surface area contributed by atoms with E-state index in [9.17, 15) is 0 Å². The minimum absolute atomic E-state index is 0.115. The molecule has 2 nitrogen and oxygen atoms in total. The first kappa shape index (κ1) is 15.2. The Labute approximate surface area is 137 Å². The summed E-state index contributed by atoms with van der Waals surface area (Å²) in [7, 11) is 1.68. The fourth-order valence-corrected chi connectivity index (χ4v) is 2.71. The van der Waals surface area contributed by atoms with Gasteiger partial charge in [-0.1, -0.05) is 60.2 Å². The van der Waals surface area contributed by atoms with Crippen molar-refractivity contribution in [2.24, 2.45) is 0 Å². The first-order valence-corrected chi connectivity index (χ1v) is 7.78. The molecule has 3 aromatic rings. The first-order chi connectivity index (χ1) is 11.3. The molecule has 0 aromatic heterocycles. The number of hydrogen-bond acceptors (Lipinski definition) is 2. The van der Waals surface area contributed by atoms with Gasteiger partial charge in [0.2, 0.25) is 0 Å². The molecule has 0 fully saturated rings. The lowest BCUT2D eigenvalue weighted by Gasteiger charge is -2.21. The molecule has 0 bridgehead atoms. The summed E-state index contributed by atoms with van der Waals surface area (Å²) in [5, 5.41) is 3.63. The zero-order chi connectivity index (χ0) is 16.1. The Morgan fingerprint density at radius 2 is 1.48 bits per heavy atom. The van der Waals surface area contributed by atoms with Crippen LogP contribution in [0.25, 0.3) is 0 Å². The second kappa shape index (κ2) is 7.01. The van der Waals surface area contributed by atoms with E-state index >= 15 is 0 Å². The summed E-state index contributed by atoms with van der Waals surface area (Å²) < 4.78 is 5.23. The lowest BCUT2D eigenvalue weighted by molar-refractivity contribution is 0.415. The highest BCUT2D eigenvalue weighted by Crippen LogP contribution is 2.28. The topological polar surface area (TPSA) is 21.3 Å². The molecule has 0 saturated carbocycles. The summed E-state index contributed by atoms with van der Waals surface area (Å²) in [6, 6.07) is 27.3. The highest BCUT2D eigenvalue weighted by atomic mass is 16.5. The Morgan fingerprint density at radius 1 is 0.783 bits per heavy atom. The van der Waals surface area contributed by atoms with Gasteiger partial charge in [-0.05, 0) is 42.3 Å². The largest absolute Gasteiger partial charge is 0.497 e. The number of nitrogens with one attached hydrogen (secondary N) is 1. The fraction of sp³-hybridized carbons (Fsp3) is 0.143. The predicted octanol–water partition coefficient (Wildman–Crippen LogP) is 5.21. The third-order valence-corrected chi connectivity index (χ3v) is 3.91. The highest BCUT2D eigenvalue weighted by molar-refractivity contribution is 5.51. The smallest absolute Gasteiger partial charge is 0.119 e. The maximum Gasteiger partial charge on any atom is 0.119 e. The minimum atomic E-state index is 0.115. The van der Waals surface area contributed by atoms with E-state index in [1.54, 1.807) is 7.11 Å². The van der Waals surface area contributed by atoms with Crippen molar-refractivity contribution in [2.45, 2.75) is 13.0 Å². The van der Waals surface area contributed by atoms with Crippen LogP contribution in [-0.4, -0.2) is 7.11 Å². The van der Waals surface area contributed by atoms with Gasteiger partial charge >= 0.3 is 0 Å². The average molecular weight is 303 g/mol. The maximum atomic E-state index is 5.23. The van der Waals surface area contributed by atoms with Gasteiger partial charge in [-0.2, -0.15) is 0 Å². The van der Waals surface area contributed by atoms with E-state index in [0.717, 1.165) is 11.4 Å². The van der Waals surface area contributed by atoms with E-state index in [1.165, 1.54) is 16.7 Å². The average Bonchev–Trinajstić information content (AvgIpc) is 2.61. The number of methoxy groups -OCH3 is 1. The molecule has 1 unspecified atom stereocenters. The van der Waals surface area contributed by atoms with Crippen molar-refractivity contribution < 1.29 is 4.74 Å². The molecule has 0 aliphatic heterocycles. The van der Waals surface area contributed by atoms with Crippen molar-refractivity contribution >= 4 is 5.69 Å². The summed E-state index contributed by atoms with van der Waals surface area (Å²) >= 11 is 0. The van der Waals surface area contributed by atoms with Crippen LogP contribution in [0.5, 0.6) is 5.75 Å². The monoisotopic (exact) mass is 303 g/mol. The van der Waals surface area contributed by atoms with Crippen molar-refractivity contribution in [1.29, 1.82) is 0 Å². The molecular weight excluding hydrogens is 282 g/mol. The number of ether oxygens (including phenoxy) is 1. The van der Waals surface area contributed by atoms with Crippen molar-refractivity contribution in [1.82, 2.24) is 0 Å². The molecule has 23 heavy (non-hydrogen) atoms. The van der Waals surface area contributed by atoms with Crippen molar-refractivity contribution in [3.8, 4) is 5.75 Å². The van der Waals surface area contributed by atoms with Gasteiger partial charge in [-0.15, -0.1) is 0 Å². The van der Waals surface area contributed by atoms with Crippen LogP contribution < -0.4 is 10.1 Å². The van der Waals surface area contributed by atoms with Crippen LogP contribution >= 0.6 is 0 Å². The van der Waals surface area contributed by atoms with E-state index < -0.39 is 0 Å². The zero-order valence-electron chi connectivity index (χ0n) is 13.5. The first-order valence-electron chi connectivity index (χ1n) is 7.78. The van der Waals surface area contributed by atoms with E-state index in [4.69, 9.17) is 4.74 Å². The predicted molar refractivity (Wildman–Crippen MR) is 96.1 cm³/mol. The van der Waals surface area contributed by atoms with Gasteiger partial charge in [-0.25, -0.2) is 0 Å². The second-order valence-corrected chi connectivity index (χ2v) is 5.63. The van der Waals surface area contributed by atoms with E-state index in [1.807, 2.05) is 30.3 Å². The Hall–Kier alpha value is -2.74. The van der Waals surface area contributed by atoms with Gasteiger partial charge in [0.05, 0.1) is 13.2 Å².